The lowest BCUT2D eigenvalue weighted by atomic mass is 10.1. The minimum atomic E-state index is 0.0994. The predicted molar refractivity (Wildman–Crippen MR) is 75.6 cm³/mol. The number of hydrogen-bond donors (Lipinski definition) is 0. The Hall–Kier alpha value is -1.44. The van der Waals surface area contributed by atoms with Gasteiger partial charge in [-0.1, -0.05) is 6.92 Å². The molecular formula is C15H22N4. The van der Waals surface area contributed by atoms with E-state index in [9.17, 15) is 0 Å². The zero-order chi connectivity index (χ0) is 13.5. The van der Waals surface area contributed by atoms with Crippen LogP contribution in [0.2, 0.25) is 0 Å². The second-order valence-corrected chi connectivity index (χ2v) is 5.04. The van der Waals surface area contributed by atoms with Gasteiger partial charge in [0.1, 0.15) is 0 Å². The molecule has 0 aromatic carbocycles. The van der Waals surface area contributed by atoms with Crippen LogP contribution in [0.3, 0.4) is 0 Å². The highest BCUT2D eigenvalue weighted by Gasteiger charge is 2.21. The number of piperazine rings is 1. The normalized spacial score (nSPS) is 18.9. The van der Waals surface area contributed by atoms with Gasteiger partial charge in [-0.2, -0.15) is 5.26 Å². The van der Waals surface area contributed by atoms with Crippen molar-refractivity contribution in [2.24, 2.45) is 0 Å². The standard InChI is InChI=1S/C15H22N4/c1-2-15(13-16)19-11-9-18(10-12-19)8-5-14-3-6-17-7-4-14/h3-4,6-7,15H,2,5,8-12H2,1H3. The summed E-state index contributed by atoms with van der Waals surface area (Å²) < 4.78 is 0. The van der Waals surface area contributed by atoms with Crippen LogP contribution in [0.15, 0.2) is 24.5 Å². The van der Waals surface area contributed by atoms with Crippen molar-refractivity contribution in [3.63, 3.8) is 0 Å². The minimum Gasteiger partial charge on any atom is -0.300 e. The molecule has 1 unspecified atom stereocenters. The molecule has 19 heavy (non-hydrogen) atoms. The third kappa shape index (κ3) is 4.02. The van der Waals surface area contributed by atoms with Crippen molar-refractivity contribution in [1.29, 1.82) is 5.26 Å². The fourth-order valence-corrected chi connectivity index (χ4v) is 2.57. The summed E-state index contributed by atoms with van der Waals surface area (Å²) in [5.41, 5.74) is 1.35. The van der Waals surface area contributed by atoms with Crippen LogP contribution in [0.5, 0.6) is 0 Å². The van der Waals surface area contributed by atoms with Crippen LogP contribution in [0, 0.1) is 11.3 Å². The Morgan fingerprint density at radius 3 is 2.53 bits per heavy atom. The monoisotopic (exact) mass is 258 g/mol. The number of hydrogen-bond acceptors (Lipinski definition) is 4. The second-order valence-electron chi connectivity index (χ2n) is 5.04. The first-order valence-corrected chi connectivity index (χ1v) is 7.08. The van der Waals surface area contributed by atoms with Crippen molar-refractivity contribution < 1.29 is 0 Å². The van der Waals surface area contributed by atoms with Crippen LogP contribution >= 0.6 is 0 Å². The maximum absolute atomic E-state index is 9.09. The molecule has 1 aromatic heterocycles. The van der Waals surface area contributed by atoms with E-state index in [4.69, 9.17) is 5.26 Å². The van der Waals surface area contributed by atoms with Gasteiger partial charge in [0.25, 0.3) is 0 Å². The van der Waals surface area contributed by atoms with Gasteiger partial charge in [0.05, 0.1) is 12.1 Å². The zero-order valence-electron chi connectivity index (χ0n) is 11.6. The van der Waals surface area contributed by atoms with Gasteiger partial charge in [-0.05, 0) is 30.5 Å². The van der Waals surface area contributed by atoms with Crippen LogP contribution in [0.25, 0.3) is 0 Å². The van der Waals surface area contributed by atoms with E-state index in [2.05, 4.69) is 39.9 Å². The van der Waals surface area contributed by atoms with Crippen molar-refractivity contribution in [2.75, 3.05) is 32.7 Å². The molecule has 0 spiro atoms. The summed E-state index contributed by atoms with van der Waals surface area (Å²) in [5.74, 6) is 0. The molecule has 1 saturated heterocycles. The number of pyridine rings is 1. The Bertz CT molecular complexity index is 404. The van der Waals surface area contributed by atoms with E-state index in [0.717, 1.165) is 45.6 Å². The molecule has 1 aromatic rings. The summed E-state index contributed by atoms with van der Waals surface area (Å²) in [6.45, 7) is 7.36. The molecule has 1 fully saturated rings. The third-order valence-electron chi connectivity index (χ3n) is 3.85. The molecule has 2 rings (SSSR count). The molecule has 1 aliphatic heterocycles. The van der Waals surface area contributed by atoms with Crippen LogP contribution in [0.4, 0.5) is 0 Å². The van der Waals surface area contributed by atoms with E-state index in [1.165, 1.54) is 5.56 Å². The summed E-state index contributed by atoms with van der Waals surface area (Å²) in [4.78, 5) is 8.83. The first-order valence-electron chi connectivity index (χ1n) is 7.08. The summed E-state index contributed by atoms with van der Waals surface area (Å²) in [7, 11) is 0. The SMILES string of the molecule is CCC(C#N)N1CCN(CCc2ccncc2)CC1. The summed E-state index contributed by atoms with van der Waals surface area (Å²) >= 11 is 0. The van der Waals surface area contributed by atoms with Gasteiger partial charge in [-0.3, -0.25) is 9.88 Å². The molecule has 0 bridgehead atoms. The van der Waals surface area contributed by atoms with E-state index < -0.39 is 0 Å². The average Bonchev–Trinajstić information content (AvgIpc) is 2.49. The topological polar surface area (TPSA) is 43.2 Å². The van der Waals surface area contributed by atoms with E-state index >= 15 is 0 Å². The first kappa shape index (κ1) is 14.0. The van der Waals surface area contributed by atoms with Gasteiger partial charge in [0.15, 0.2) is 0 Å². The van der Waals surface area contributed by atoms with Crippen LogP contribution < -0.4 is 0 Å². The van der Waals surface area contributed by atoms with E-state index in [1.54, 1.807) is 0 Å². The zero-order valence-corrected chi connectivity index (χ0v) is 11.6. The Morgan fingerprint density at radius 2 is 1.95 bits per heavy atom. The highest BCUT2D eigenvalue weighted by atomic mass is 15.3. The summed E-state index contributed by atoms with van der Waals surface area (Å²) in [6.07, 6.45) is 5.71. The molecule has 0 aliphatic carbocycles. The van der Waals surface area contributed by atoms with Gasteiger partial charge in [0.2, 0.25) is 0 Å². The first-order chi connectivity index (χ1) is 9.33. The average molecular weight is 258 g/mol. The van der Waals surface area contributed by atoms with E-state index in [0.29, 0.717) is 0 Å². The largest absolute Gasteiger partial charge is 0.300 e. The Labute approximate surface area is 115 Å². The van der Waals surface area contributed by atoms with Crippen molar-refractivity contribution >= 4 is 0 Å². The Morgan fingerprint density at radius 1 is 1.26 bits per heavy atom. The lowest BCUT2D eigenvalue weighted by Gasteiger charge is -2.36. The maximum atomic E-state index is 9.09. The van der Waals surface area contributed by atoms with Crippen LogP contribution in [0.1, 0.15) is 18.9 Å². The molecule has 1 atom stereocenters. The molecule has 4 heteroatoms. The van der Waals surface area contributed by atoms with Gasteiger partial charge in [0, 0.05) is 45.1 Å². The van der Waals surface area contributed by atoms with Crippen molar-refractivity contribution in [1.82, 2.24) is 14.8 Å². The number of aromatic nitrogens is 1. The van der Waals surface area contributed by atoms with Gasteiger partial charge >= 0.3 is 0 Å². The molecule has 0 radical (unpaired) electrons. The molecule has 102 valence electrons. The second kappa shape index (κ2) is 7.22. The van der Waals surface area contributed by atoms with Gasteiger partial charge < -0.3 is 4.90 Å². The van der Waals surface area contributed by atoms with Crippen LogP contribution in [-0.2, 0) is 6.42 Å². The number of nitrogens with zero attached hydrogens (tertiary/aromatic N) is 4. The molecule has 2 heterocycles. The number of rotatable bonds is 5. The molecule has 0 saturated carbocycles. The Balaban J connectivity index is 1.73. The lowest BCUT2D eigenvalue weighted by Crippen LogP contribution is -2.50. The van der Waals surface area contributed by atoms with Crippen molar-refractivity contribution in [3.8, 4) is 6.07 Å². The predicted octanol–water partition coefficient (Wildman–Crippen LogP) is 1.54. The molecule has 0 N–H and O–H groups in total. The number of nitriles is 1. The fraction of sp³-hybridized carbons (Fsp3) is 0.600. The van der Waals surface area contributed by atoms with Crippen molar-refractivity contribution in [2.45, 2.75) is 25.8 Å². The Kier molecular flexibility index (Phi) is 5.31. The van der Waals surface area contributed by atoms with Crippen LogP contribution in [-0.4, -0.2) is 53.5 Å². The van der Waals surface area contributed by atoms with Gasteiger partial charge in [-0.25, -0.2) is 0 Å². The molecule has 4 nitrogen and oxygen atoms in total. The van der Waals surface area contributed by atoms with E-state index in [-0.39, 0.29) is 6.04 Å². The smallest absolute Gasteiger partial charge is 0.0976 e. The minimum absolute atomic E-state index is 0.0994. The van der Waals surface area contributed by atoms with E-state index in [1.807, 2.05) is 12.4 Å². The highest BCUT2D eigenvalue weighted by Crippen LogP contribution is 2.09. The lowest BCUT2D eigenvalue weighted by molar-refractivity contribution is 0.113. The highest BCUT2D eigenvalue weighted by molar-refractivity contribution is 5.10. The maximum Gasteiger partial charge on any atom is 0.0976 e. The molecular weight excluding hydrogens is 236 g/mol. The summed E-state index contributed by atoms with van der Waals surface area (Å²) in [6, 6.07) is 6.66. The molecule has 1 aliphatic rings. The summed E-state index contributed by atoms with van der Waals surface area (Å²) in [5, 5.41) is 9.09. The van der Waals surface area contributed by atoms with Gasteiger partial charge in [-0.15, -0.1) is 0 Å². The quantitative estimate of drug-likeness (QED) is 0.803. The van der Waals surface area contributed by atoms with Crippen molar-refractivity contribution in [3.05, 3.63) is 30.1 Å². The third-order valence-corrected chi connectivity index (χ3v) is 3.85. The fourth-order valence-electron chi connectivity index (χ4n) is 2.57. The molecule has 0 amide bonds.